The van der Waals surface area contributed by atoms with E-state index in [9.17, 15) is 9.59 Å². The first kappa shape index (κ1) is 14.9. The zero-order chi connectivity index (χ0) is 12.4. The zero-order valence-electron chi connectivity index (χ0n) is 10.00. The summed E-state index contributed by atoms with van der Waals surface area (Å²) < 4.78 is 0. The number of carbonyl (C=O) groups excluding carboxylic acids is 2. The monoisotopic (exact) mass is 229 g/mol. The largest absolute Gasteiger partial charge is 0.370 e. The highest BCUT2D eigenvalue weighted by Gasteiger charge is 2.02. The van der Waals surface area contributed by atoms with Crippen LogP contribution in [0, 0.1) is 0 Å². The first-order valence-electron chi connectivity index (χ1n) is 5.83. The molecule has 0 fully saturated rings. The van der Waals surface area contributed by atoms with E-state index in [1.165, 1.54) is 0 Å². The Morgan fingerprint density at radius 2 is 1.88 bits per heavy atom. The molecule has 0 aromatic heterocycles. The number of carbonyl (C=O) groups is 2. The highest BCUT2D eigenvalue weighted by molar-refractivity contribution is 5.75. The summed E-state index contributed by atoms with van der Waals surface area (Å²) in [5.41, 5.74) is 10.6. The fourth-order valence-corrected chi connectivity index (χ4v) is 1.33. The quantitative estimate of drug-likeness (QED) is 0.495. The van der Waals surface area contributed by atoms with Gasteiger partial charge in [0.1, 0.15) is 0 Å². The summed E-state index contributed by atoms with van der Waals surface area (Å²) in [5.74, 6) is -0.233. The van der Waals surface area contributed by atoms with E-state index >= 15 is 0 Å². The average Bonchev–Trinajstić information content (AvgIpc) is 2.16. The maximum atomic E-state index is 11.3. The molecule has 0 radical (unpaired) electrons. The molecule has 0 aliphatic rings. The lowest BCUT2D eigenvalue weighted by atomic mass is 10.1. The SMILES string of the molecule is CC(N)CCCC(=O)NCCCCC(N)=O. The molecule has 0 aromatic carbocycles. The molecule has 94 valence electrons. The molecule has 1 atom stereocenters. The highest BCUT2D eigenvalue weighted by Crippen LogP contribution is 1.98. The Labute approximate surface area is 96.9 Å². The summed E-state index contributed by atoms with van der Waals surface area (Å²) in [4.78, 5) is 21.7. The standard InChI is InChI=1S/C11H23N3O2/c1-9(12)5-4-7-11(16)14-8-3-2-6-10(13)15/h9H,2-8,12H2,1H3,(H2,13,15)(H,14,16). The van der Waals surface area contributed by atoms with Gasteiger partial charge in [-0.1, -0.05) is 0 Å². The maximum Gasteiger partial charge on any atom is 0.219 e. The minimum Gasteiger partial charge on any atom is -0.370 e. The van der Waals surface area contributed by atoms with Crippen molar-refractivity contribution in [2.75, 3.05) is 6.54 Å². The number of nitrogens with one attached hydrogen (secondary N) is 1. The van der Waals surface area contributed by atoms with Gasteiger partial charge in [0.05, 0.1) is 0 Å². The van der Waals surface area contributed by atoms with Crippen LogP contribution in [0.3, 0.4) is 0 Å². The first-order valence-corrected chi connectivity index (χ1v) is 5.83. The van der Waals surface area contributed by atoms with E-state index in [1.54, 1.807) is 0 Å². The van der Waals surface area contributed by atoms with Gasteiger partial charge in [-0.3, -0.25) is 9.59 Å². The van der Waals surface area contributed by atoms with Crippen LogP contribution >= 0.6 is 0 Å². The van der Waals surface area contributed by atoms with Crippen molar-refractivity contribution < 1.29 is 9.59 Å². The van der Waals surface area contributed by atoms with Crippen molar-refractivity contribution in [3.8, 4) is 0 Å². The number of hydrogen-bond acceptors (Lipinski definition) is 3. The lowest BCUT2D eigenvalue weighted by Crippen LogP contribution is -2.25. The molecular formula is C11H23N3O2. The molecule has 5 N–H and O–H groups in total. The zero-order valence-corrected chi connectivity index (χ0v) is 10.00. The van der Waals surface area contributed by atoms with Gasteiger partial charge in [-0.05, 0) is 32.6 Å². The molecule has 0 aromatic rings. The Balaban J connectivity index is 3.27. The molecule has 0 aliphatic heterocycles. The fourth-order valence-electron chi connectivity index (χ4n) is 1.33. The molecule has 0 bridgehead atoms. The average molecular weight is 229 g/mol. The molecule has 0 saturated carbocycles. The number of amides is 2. The Hall–Kier alpha value is -1.10. The molecule has 16 heavy (non-hydrogen) atoms. The number of nitrogens with two attached hydrogens (primary N) is 2. The number of primary amides is 1. The summed E-state index contributed by atoms with van der Waals surface area (Å²) in [6, 6.07) is 0.156. The minimum atomic E-state index is -0.289. The van der Waals surface area contributed by atoms with Crippen LogP contribution in [-0.2, 0) is 9.59 Å². The number of rotatable bonds is 9. The molecule has 2 amide bonds. The van der Waals surface area contributed by atoms with Crippen LogP contribution in [0.4, 0.5) is 0 Å². The van der Waals surface area contributed by atoms with Crippen LogP contribution in [-0.4, -0.2) is 24.4 Å². The van der Waals surface area contributed by atoms with Crippen LogP contribution in [0.2, 0.25) is 0 Å². The Bertz CT molecular complexity index is 217. The van der Waals surface area contributed by atoms with Gasteiger partial charge in [0.15, 0.2) is 0 Å². The predicted molar refractivity (Wildman–Crippen MR) is 63.6 cm³/mol. The molecule has 5 nitrogen and oxygen atoms in total. The van der Waals surface area contributed by atoms with E-state index in [1.807, 2.05) is 6.92 Å². The van der Waals surface area contributed by atoms with Crippen molar-refractivity contribution >= 4 is 11.8 Å². The fraction of sp³-hybridized carbons (Fsp3) is 0.818. The second kappa shape index (κ2) is 9.15. The molecule has 1 unspecified atom stereocenters. The van der Waals surface area contributed by atoms with Crippen LogP contribution in [0.1, 0.15) is 45.4 Å². The third-order valence-corrected chi connectivity index (χ3v) is 2.24. The molecule has 5 heteroatoms. The Kier molecular flexibility index (Phi) is 8.52. The molecular weight excluding hydrogens is 206 g/mol. The summed E-state index contributed by atoms with van der Waals surface area (Å²) in [6.07, 6.45) is 4.13. The topological polar surface area (TPSA) is 98.2 Å². The summed E-state index contributed by atoms with van der Waals surface area (Å²) >= 11 is 0. The molecule has 0 heterocycles. The number of unbranched alkanes of at least 4 members (excludes halogenated alkanes) is 1. The lowest BCUT2D eigenvalue weighted by Gasteiger charge is -2.06. The van der Waals surface area contributed by atoms with E-state index in [-0.39, 0.29) is 17.9 Å². The molecule has 0 aliphatic carbocycles. The van der Waals surface area contributed by atoms with E-state index in [0.717, 1.165) is 25.7 Å². The van der Waals surface area contributed by atoms with Crippen molar-refractivity contribution in [1.29, 1.82) is 0 Å². The van der Waals surface area contributed by atoms with Crippen molar-refractivity contribution in [3.05, 3.63) is 0 Å². The predicted octanol–water partition coefficient (Wildman–Crippen LogP) is 0.276. The van der Waals surface area contributed by atoms with Gasteiger partial charge in [-0.15, -0.1) is 0 Å². The van der Waals surface area contributed by atoms with Crippen LogP contribution in [0.5, 0.6) is 0 Å². The normalized spacial score (nSPS) is 12.1. The second-order valence-electron chi connectivity index (χ2n) is 4.14. The summed E-state index contributed by atoms with van der Waals surface area (Å²) in [5, 5.41) is 2.80. The van der Waals surface area contributed by atoms with Crippen molar-refractivity contribution in [2.45, 2.75) is 51.5 Å². The van der Waals surface area contributed by atoms with Gasteiger partial charge in [0.25, 0.3) is 0 Å². The van der Waals surface area contributed by atoms with Crippen LogP contribution < -0.4 is 16.8 Å². The van der Waals surface area contributed by atoms with Crippen molar-refractivity contribution in [2.24, 2.45) is 11.5 Å². The second-order valence-corrected chi connectivity index (χ2v) is 4.14. The smallest absolute Gasteiger partial charge is 0.219 e. The van der Waals surface area contributed by atoms with E-state index < -0.39 is 0 Å². The highest BCUT2D eigenvalue weighted by atomic mass is 16.1. The molecule has 0 spiro atoms. The van der Waals surface area contributed by atoms with Gasteiger partial charge in [0, 0.05) is 25.4 Å². The van der Waals surface area contributed by atoms with Crippen LogP contribution in [0.15, 0.2) is 0 Å². The minimum absolute atomic E-state index is 0.0553. The van der Waals surface area contributed by atoms with Gasteiger partial charge < -0.3 is 16.8 Å². The van der Waals surface area contributed by atoms with Gasteiger partial charge in [0.2, 0.25) is 11.8 Å². The van der Waals surface area contributed by atoms with Gasteiger partial charge >= 0.3 is 0 Å². The van der Waals surface area contributed by atoms with E-state index in [2.05, 4.69) is 5.32 Å². The van der Waals surface area contributed by atoms with E-state index in [0.29, 0.717) is 19.4 Å². The number of hydrogen-bond donors (Lipinski definition) is 3. The third-order valence-electron chi connectivity index (χ3n) is 2.24. The Morgan fingerprint density at radius 3 is 2.44 bits per heavy atom. The van der Waals surface area contributed by atoms with E-state index in [4.69, 9.17) is 11.5 Å². The summed E-state index contributed by atoms with van der Waals surface area (Å²) in [6.45, 7) is 2.55. The van der Waals surface area contributed by atoms with Crippen LogP contribution in [0.25, 0.3) is 0 Å². The van der Waals surface area contributed by atoms with Crippen molar-refractivity contribution in [1.82, 2.24) is 5.32 Å². The maximum absolute atomic E-state index is 11.3. The third kappa shape index (κ3) is 11.0. The van der Waals surface area contributed by atoms with Gasteiger partial charge in [-0.25, -0.2) is 0 Å². The Morgan fingerprint density at radius 1 is 1.19 bits per heavy atom. The van der Waals surface area contributed by atoms with Crippen molar-refractivity contribution in [3.63, 3.8) is 0 Å². The molecule has 0 saturated heterocycles. The van der Waals surface area contributed by atoms with Gasteiger partial charge in [-0.2, -0.15) is 0 Å². The first-order chi connectivity index (χ1) is 7.52. The summed E-state index contributed by atoms with van der Waals surface area (Å²) in [7, 11) is 0. The lowest BCUT2D eigenvalue weighted by molar-refractivity contribution is -0.121. The molecule has 0 rings (SSSR count).